The summed E-state index contributed by atoms with van der Waals surface area (Å²) in [6.07, 6.45) is 0.495. The molecule has 6 heteroatoms. The van der Waals surface area contributed by atoms with Crippen molar-refractivity contribution in [3.63, 3.8) is 0 Å². The van der Waals surface area contributed by atoms with Gasteiger partial charge in [-0.3, -0.25) is 0 Å². The molecule has 0 amide bonds. The van der Waals surface area contributed by atoms with Gasteiger partial charge in [0.1, 0.15) is 5.76 Å². The highest BCUT2D eigenvalue weighted by Crippen LogP contribution is 2.25. The third-order valence-corrected chi connectivity index (χ3v) is 3.15. The Labute approximate surface area is 121 Å². The fourth-order valence-corrected chi connectivity index (χ4v) is 2.06. The molecule has 0 atom stereocenters. The molecule has 0 aliphatic carbocycles. The normalized spacial score (nSPS) is 11.0. The topological polar surface area (TPSA) is 85.2 Å². The van der Waals surface area contributed by atoms with Crippen LogP contribution in [0.5, 0.6) is 0 Å². The van der Waals surface area contributed by atoms with Crippen LogP contribution in [0.4, 0.5) is 0 Å². The van der Waals surface area contributed by atoms with Crippen LogP contribution >= 0.6 is 0 Å². The second kappa shape index (κ2) is 5.49. The van der Waals surface area contributed by atoms with Gasteiger partial charge >= 0.3 is 0 Å². The lowest BCUT2D eigenvalue weighted by Gasteiger charge is -1.97. The lowest BCUT2D eigenvalue weighted by molar-refractivity contribution is 0.297. The molecule has 1 aromatic carbocycles. The van der Waals surface area contributed by atoms with Crippen molar-refractivity contribution in [2.24, 2.45) is 0 Å². The van der Waals surface area contributed by atoms with Gasteiger partial charge in [0.15, 0.2) is 0 Å². The van der Waals surface area contributed by atoms with Crippen LogP contribution in [0.15, 0.2) is 33.1 Å². The Morgan fingerprint density at radius 1 is 0.952 bits per heavy atom. The molecular weight excluding hydrogens is 270 g/mol. The van der Waals surface area contributed by atoms with Crippen LogP contribution in [0.25, 0.3) is 22.9 Å². The Morgan fingerprint density at radius 3 is 2.19 bits per heavy atom. The average molecular weight is 285 g/mol. The first-order valence-electron chi connectivity index (χ1n) is 6.65. The molecule has 21 heavy (non-hydrogen) atoms. The van der Waals surface area contributed by atoms with E-state index in [1.54, 1.807) is 6.92 Å². The predicted octanol–water partition coefficient (Wildman–Crippen LogP) is 2.54. The van der Waals surface area contributed by atoms with Crippen molar-refractivity contribution in [3.8, 4) is 22.9 Å². The number of rotatable bonds is 4. The van der Waals surface area contributed by atoms with Crippen LogP contribution in [0.2, 0.25) is 0 Å². The van der Waals surface area contributed by atoms with Gasteiger partial charge < -0.3 is 13.9 Å². The smallest absolute Gasteiger partial charge is 0.247 e. The molecule has 3 aromatic rings. The maximum atomic E-state index is 8.98. The number of hydrogen-bond acceptors (Lipinski definition) is 6. The van der Waals surface area contributed by atoms with E-state index in [2.05, 4.69) is 15.2 Å². The zero-order chi connectivity index (χ0) is 14.8. The summed E-state index contributed by atoms with van der Waals surface area (Å²) in [5.74, 6) is 2.30. The zero-order valence-electron chi connectivity index (χ0n) is 11.8. The lowest BCUT2D eigenvalue weighted by Crippen LogP contribution is -1.92. The summed E-state index contributed by atoms with van der Waals surface area (Å²) in [5, 5.41) is 16.8. The van der Waals surface area contributed by atoms with Gasteiger partial charge in [0.2, 0.25) is 17.7 Å². The summed E-state index contributed by atoms with van der Waals surface area (Å²) in [4.78, 5) is 4.40. The van der Waals surface area contributed by atoms with Crippen molar-refractivity contribution in [2.45, 2.75) is 20.3 Å². The number of aromatic nitrogens is 3. The quantitative estimate of drug-likeness (QED) is 0.793. The molecule has 0 bridgehead atoms. The minimum absolute atomic E-state index is 0.0578. The maximum Gasteiger partial charge on any atom is 0.247 e. The van der Waals surface area contributed by atoms with Crippen molar-refractivity contribution in [1.82, 2.24) is 15.2 Å². The number of benzene rings is 1. The molecule has 2 heterocycles. The molecule has 0 spiro atoms. The summed E-state index contributed by atoms with van der Waals surface area (Å²) >= 11 is 0. The molecular formula is C15H15N3O3. The minimum atomic E-state index is 0.0578. The highest BCUT2D eigenvalue weighted by atomic mass is 16.4. The van der Waals surface area contributed by atoms with Gasteiger partial charge in [-0.25, -0.2) is 4.98 Å². The van der Waals surface area contributed by atoms with Gasteiger partial charge in [-0.15, -0.1) is 10.2 Å². The second-order valence-corrected chi connectivity index (χ2v) is 4.70. The van der Waals surface area contributed by atoms with E-state index in [4.69, 9.17) is 13.9 Å². The SMILES string of the molecule is Cc1nnc(-c2ccc(-c3nc(CCO)c(C)o3)cc2)o1. The van der Waals surface area contributed by atoms with Crippen molar-refractivity contribution >= 4 is 0 Å². The molecule has 0 radical (unpaired) electrons. The Morgan fingerprint density at radius 2 is 1.62 bits per heavy atom. The zero-order valence-corrected chi connectivity index (χ0v) is 11.8. The highest BCUT2D eigenvalue weighted by molar-refractivity contribution is 5.61. The van der Waals surface area contributed by atoms with E-state index in [1.165, 1.54) is 0 Å². The van der Waals surface area contributed by atoms with E-state index in [9.17, 15) is 0 Å². The summed E-state index contributed by atoms with van der Waals surface area (Å²) in [5.41, 5.74) is 2.49. The van der Waals surface area contributed by atoms with E-state index in [0.717, 1.165) is 22.6 Å². The van der Waals surface area contributed by atoms with E-state index in [1.807, 2.05) is 31.2 Å². The van der Waals surface area contributed by atoms with Gasteiger partial charge in [-0.1, -0.05) is 0 Å². The van der Waals surface area contributed by atoms with Gasteiger partial charge in [0.05, 0.1) is 5.69 Å². The summed E-state index contributed by atoms with van der Waals surface area (Å²) in [7, 11) is 0. The van der Waals surface area contributed by atoms with Gasteiger partial charge in [0.25, 0.3) is 0 Å². The molecule has 0 unspecified atom stereocenters. The molecule has 2 aromatic heterocycles. The van der Waals surface area contributed by atoms with Crippen molar-refractivity contribution in [2.75, 3.05) is 6.61 Å². The van der Waals surface area contributed by atoms with E-state index in [-0.39, 0.29) is 6.61 Å². The standard InChI is InChI=1S/C15H15N3O3/c1-9-13(7-8-19)16-14(20-9)11-3-5-12(6-4-11)15-18-17-10(2)21-15/h3-6,19H,7-8H2,1-2H3. The van der Waals surface area contributed by atoms with E-state index in [0.29, 0.717) is 24.1 Å². The minimum Gasteiger partial charge on any atom is -0.441 e. The van der Waals surface area contributed by atoms with Crippen LogP contribution in [0, 0.1) is 13.8 Å². The third-order valence-electron chi connectivity index (χ3n) is 3.15. The van der Waals surface area contributed by atoms with Crippen molar-refractivity contribution < 1.29 is 13.9 Å². The van der Waals surface area contributed by atoms with Gasteiger partial charge in [-0.2, -0.15) is 0 Å². The molecule has 3 rings (SSSR count). The van der Waals surface area contributed by atoms with Crippen LogP contribution in [0.3, 0.4) is 0 Å². The highest BCUT2D eigenvalue weighted by Gasteiger charge is 2.12. The van der Waals surface area contributed by atoms with Gasteiger partial charge in [-0.05, 0) is 31.2 Å². The second-order valence-electron chi connectivity index (χ2n) is 4.70. The lowest BCUT2D eigenvalue weighted by atomic mass is 10.1. The van der Waals surface area contributed by atoms with E-state index >= 15 is 0 Å². The Kier molecular flexibility index (Phi) is 3.53. The first kappa shape index (κ1) is 13.5. The molecule has 6 nitrogen and oxygen atoms in total. The molecule has 0 fully saturated rings. The van der Waals surface area contributed by atoms with Crippen LogP contribution in [0.1, 0.15) is 17.3 Å². The van der Waals surface area contributed by atoms with Crippen LogP contribution in [-0.2, 0) is 6.42 Å². The van der Waals surface area contributed by atoms with Crippen LogP contribution < -0.4 is 0 Å². The van der Waals surface area contributed by atoms with Crippen molar-refractivity contribution in [1.29, 1.82) is 0 Å². The average Bonchev–Trinajstić information content (AvgIpc) is 3.07. The van der Waals surface area contributed by atoms with Gasteiger partial charge in [0, 0.05) is 31.1 Å². The number of aliphatic hydroxyl groups excluding tert-OH is 1. The Bertz CT molecular complexity index is 744. The van der Waals surface area contributed by atoms with E-state index < -0.39 is 0 Å². The molecule has 1 N–H and O–H groups in total. The fraction of sp³-hybridized carbons (Fsp3) is 0.267. The summed E-state index contributed by atoms with van der Waals surface area (Å²) < 4.78 is 11.0. The molecule has 0 aliphatic rings. The Balaban J connectivity index is 1.88. The third kappa shape index (κ3) is 2.71. The predicted molar refractivity (Wildman–Crippen MR) is 75.5 cm³/mol. The summed E-state index contributed by atoms with van der Waals surface area (Å²) in [6, 6.07) is 7.55. The maximum absolute atomic E-state index is 8.98. The van der Waals surface area contributed by atoms with Crippen LogP contribution in [-0.4, -0.2) is 26.9 Å². The largest absolute Gasteiger partial charge is 0.441 e. The Hall–Kier alpha value is -2.47. The monoisotopic (exact) mass is 285 g/mol. The number of aliphatic hydroxyl groups is 1. The number of aryl methyl sites for hydroxylation is 2. The first-order chi connectivity index (χ1) is 10.2. The number of oxazole rings is 1. The van der Waals surface area contributed by atoms with Crippen molar-refractivity contribution in [3.05, 3.63) is 41.6 Å². The molecule has 108 valence electrons. The summed E-state index contributed by atoms with van der Waals surface area (Å²) in [6.45, 7) is 3.66. The fourth-order valence-electron chi connectivity index (χ4n) is 2.06. The number of hydrogen-bond donors (Lipinski definition) is 1. The molecule has 0 saturated heterocycles. The number of nitrogens with zero attached hydrogens (tertiary/aromatic N) is 3. The first-order valence-corrected chi connectivity index (χ1v) is 6.65. The molecule has 0 aliphatic heterocycles. The molecule has 0 saturated carbocycles.